The molecule has 0 spiro atoms. The number of aromatic nitrogens is 2. The van der Waals surface area contributed by atoms with Crippen LogP contribution in [0.1, 0.15) is 12.8 Å². The van der Waals surface area contributed by atoms with E-state index in [9.17, 15) is 4.79 Å². The van der Waals surface area contributed by atoms with Crippen molar-refractivity contribution in [2.45, 2.75) is 18.9 Å². The van der Waals surface area contributed by atoms with Crippen LogP contribution in [0.4, 0.5) is 34.5 Å². The summed E-state index contributed by atoms with van der Waals surface area (Å²) in [6.45, 7) is 10.2. The van der Waals surface area contributed by atoms with Crippen LogP contribution < -0.4 is 25.6 Å². The normalized spacial score (nSPS) is 16.7. The van der Waals surface area contributed by atoms with Gasteiger partial charge in [-0.25, -0.2) is 4.98 Å². The summed E-state index contributed by atoms with van der Waals surface area (Å²) in [4.78, 5) is 28.1. The van der Waals surface area contributed by atoms with E-state index < -0.39 is 0 Å². The van der Waals surface area contributed by atoms with Gasteiger partial charge in [-0.1, -0.05) is 24.2 Å². The van der Waals surface area contributed by atoms with E-state index >= 15 is 0 Å². The van der Waals surface area contributed by atoms with Gasteiger partial charge in [-0.2, -0.15) is 4.98 Å². The molecule has 2 saturated heterocycles. The van der Waals surface area contributed by atoms with Crippen LogP contribution >= 0.6 is 11.6 Å². The van der Waals surface area contributed by atoms with E-state index in [0.29, 0.717) is 40.0 Å². The van der Waals surface area contributed by atoms with Crippen molar-refractivity contribution in [3.05, 3.63) is 66.3 Å². The number of hydrogen-bond donors (Lipinski definition) is 3. The van der Waals surface area contributed by atoms with Crippen molar-refractivity contribution in [3.63, 3.8) is 0 Å². The number of amides is 1. The molecule has 0 atom stereocenters. The Kier molecular flexibility index (Phi) is 9.23. The lowest BCUT2D eigenvalue weighted by Crippen LogP contribution is -2.52. The van der Waals surface area contributed by atoms with Gasteiger partial charge in [0.25, 0.3) is 0 Å². The third-order valence-electron chi connectivity index (χ3n) is 7.64. The van der Waals surface area contributed by atoms with E-state index in [4.69, 9.17) is 16.3 Å². The Morgan fingerprint density at radius 2 is 1.80 bits per heavy atom. The Balaban J connectivity index is 1.24. The number of methoxy groups -OCH3 is 1. The quantitative estimate of drug-likeness (QED) is 0.305. The molecule has 0 bridgehead atoms. The third kappa shape index (κ3) is 7.27. The molecule has 11 heteroatoms. The molecule has 3 heterocycles. The topological polar surface area (TPSA) is 97.9 Å². The van der Waals surface area contributed by atoms with Crippen molar-refractivity contribution in [2.75, 3.05) is 74.3 Å². The third-order valence-corrected chi connectivity index (χ3v) is 7.91. The van der Waals surface area contributed by atoms with Crippen LogP contribution in [0.3, 0.4) is 0 Å². The maximum Gasteiger partial charge on any atom is 0.247 e. The summed E-state index contributed by atoms with van der Waals surface area (Å²) >= 11 is 6.39. The number of nitrogens with one attached hydrogen (secondary N) is 3. The molecule has 5 rings (SSSR count). The maximum absolute atomic E-state index is 11.7. The van der Waals surface area contributed by atoms with Crippen molar-refractivity contribution >= 4 is 52.0 Å². The highest BCUT2D eigenvalue weighted by atomic mass is 35.5. The van der Waals surface area contributed by atoms with E-state index in [1.54, 1.807) is 19.2 Å². The highest BCUT2D eigenvalue weighted by molar-refractivity contribution is 6.32. The van der Waals surface area contributed by atoms with E-state index in [1.165, 1.54) is 38.2 Å². The lowest BCUT2D eigenvalue weighted by atomic mass is 10.0. The molecule has 0 radical (unpaired) electrons. The fourth-order valence-electron chi connectivity index (χ4n) is 5.30. The van der Waals surface area contributed by atoms with E-state index in [1.807, 2.05) is 18.2 Å². The molecule has 216 valence electrons. The molecule has 2 aliphatic heterocycles. The summed E-state index contributed by atoms with van der Waals surface area (Å²) in [5.41, 5.74) is 3.23. The predicted molar refractivity (Wildman–Crippen MR) is 166 cm³/mol. The SMILES string of the molecule is C=CC(=O)Nc1cccc(Nc2nc(Nc3ccc(N4CCC(N5CCN(C)CC5)CC4)cc3OC)ncc2Cl)c1. The number of likely N-dealkylation sites (N-methyl/N-ethyl adjacent to an activating group) is 1. The zero-order chi connectivity index (χ0) is 28.8. The average molecular weight is 577 g/mol. The fourth-order valence-corrected chi connectivity index (χ4v) is 5.43. The lowest BCUT2D eigenvalue weighted by Gasteiger charge is -2.42. The second-order valence-electron chi connectivity index (χ2n) is 10.4. The van der Waals surface area contributed by atoms with Crippen LogP contribution in [0.25, 0.3) is 0 Å². The summed E-state index contributed by atoms with van der Waals surface area (Å²) in [5.74, 6) is 1.22. The number of ether oxygens (including phenoxy) is 1. The van der Waals surface area contributed by atoms with Crippen LogP contribution in [0.5, 0.6) is 5.75 Å². The molecule has 0 aliphatic carbocycles. The zero-order valence-electron chi connectivity index (χ0n) is 23.6. The van der Waals surface area contributed by atoms with Gasteiger partial charge in [0, 0.05) is 68.4 Å². The molecule has 1 amide bonds. The predicted octanol–water partition coefficient (Wildman–Crippen LogP) is 4.97. The van der Waals surface area contributed by atoms with Crippen molar-refractivity contribution in [1.82, 2.24) is 19.8 Å². The van der Waals surface area contributed by atoms with Crippen LogP contribution in [0.2, 0.25) is 5.02 Å². The molecule has 0 saturated carbocycles. The molecule has 0 unspecified atom stereocenters. The standard InChI is InChI=1S/C30H37ClN8O2/c1-4-28(40)33-21-6-5-7-22(18-21)34-29-25(31)20-32-30(36-29)35-26-9-8-24(19-27(26)41-3)38-12-10-23(11-13-38)39-16-14-37(2)15-17-39/h4-9,18-20,23H,1,10-17H2,2-3H3,(H,33,40)(H2,32,34,35,36). The lowest BCUT2D eigenvalue weighted by molar-refractivity contribution is -0.111. The second kappa shape index (κ2) is 13.2. The summed E-state index contributed by atoms with van der Waals surface area (Å²) < 4.78 is 5.74. The Bertz CT molecular complexity index is 1370. The summed E-state index contributed by atoms with van der Waals surface area (Å²) in [5, 5.41) is 9.56. The minimum Gasteiger partial charge on any atom is -0.494 e. The van der Waals surface area contributed by atoms with Crippen molar-refractivity contribution in [1.29, 1.82) is 0 Å². The molecule has 3 aromatic rings. The van der Waals surface area contributed by atoms with Gasteiger partial charge in [-0.3, -0.25) is 9.69 Å². The number of nitrogens with zero attached hydrogens (tertiary/aromatic N) is 5. The number of piperidine rings is 1. The largest absolute Gasteiger partial charge is 0.494 e. The van der Waals surface area contributed by atoms with Gasteiger partial charge in [-0.05, 0) is 56.3 Å². The Hall–Kier alpha value is -3.86. The van der Waals surface area contributed by atoms with Gasteiger partial charge in [0.05, 0.1) is 19.0 Å². The number of piperazine rings is 1. The van der Waals surface area contributed by atoms with Crippen LogP contribution in [0.15, 0.2) is 61.3 Å². The van der Waals surface area contributed by atoms with Gasteiger partial charge in [0.15, 0.2) is 5.82 Å². The molecular weight excluding hydrogens is 540 g/mol. The Morgan fingerprint density at radius 1 is 1.05 bits per heavy atom. The summed E-state index contributed by atoms with van der Waals surface area (Å²) in [6, 6.07) is 14.1. The van der Waals surface area contributed by atoms with Crippen molar-refractivity contribution in [2.24, 2.45) is 0 Å². The first-order valence-electron chi connectivity index (χ1n) is 13.9. The van der Waals surface area contributed by atoms with Crippen LogP contribution in [0, 0.1) is 0 Å². The van der Waals surface area contributed by atoms with E-state index in [0.717, 1.165) is 37.6 Å². The van der Waals surface area contributed by atoms with Gasteiger partial charge < -0.3 is 30.5 Å². The first-order chi connectivity index (χ1) is 19.9. The highest BCUT2D eigenvalue weighted by Gasteiger charge is 2.27. The highest BCUT2D eigenvalue weighted by Crippen LogP contribution is 2.34. The number of hydrogen-bond acceptors (Lipinski definition) is 9. The van der Waals surface area contributed by atoms with E-state index in [-0.39, 0.29) is 5.91 Å². The number of anilines is 6. The van der Waals surface area contributed by atoms with Crippen LogP contribution in [-0.2, 0) is 4.79 Å². The smallest absolute Gasteiger partial charge is 0.247 e. The molecule has 1 aromatic heterocycles. The molecule has 2 aliphatic rings. The second-order valence-corrected chi connectivity index (χ2v) is 10.8. The number of carbonyl (C=O) groups excluding carboxylic acids is 1. The average Bonchev–Trinajstić information content (AvgIpc) is 2.99. The number of carbonyl (C=O) groups is 1. The van der Waals surface area contributed by atoms with Gasteiger partial charge in [0.2, 0.25) is 11.9 Å². The Morgan fingerprint density at radius 3 is 2.54 bits per heavy atom. The monoisotopic (exact) mass is 576 g/mol. The fraction of sp³-hybridized carbons (Fsp3) is 0.367. The van der Waals surface area contributed by atoms with Gasteiger partial charge in [-0.15, -0.1) is 0 Å². The van der Waals surface area contributed by atoms with Crippen molar-refractivity contribution in [3.8, 4) is 5.75 Å². The molecule has 10 nitrogen and oxygen atoms in total. The van der Waals surface area contributed by atoms with Gasteiger partial charge in [0.1, 0.15) is 10.8 Å². The molecular formula is C30H37ClN8O2. The molecule has 41 heavy (non-hydrogen) atoms. The first kappa shape index (κ1) is 28.7. The minimum absolute atomic E-state index is 0.288. The Labute approximate surface area is 246 Å². The molecule has 3 N–H and O–H groups in total. The first-order valence-corrected chi connectivity index (χ1v) is 14.3. The summed E-state index contributed by atoms with van der Waals surface area (Å²) in [7, 11) is 3.87. The maximum atomic E-state index is 11.7. The molecule has 2 aromatic carbocycles. The zero-order valence-corrected chi connectivity index (χ0v) is 24.3. The van der Waals surface area contributed by atoms with E-state index in [2.05, 4.69) is 66.4 Å². The number of benzene rings is 2. The number of rotatable bonds is 9. The minimum atomic E-state index is -0.288. The van der Waals surface area contributed by atoms with Crippen LogP contribution in [-0.4, -0.2) is 85.1 Å². The van der Waals surface area contributed by atoms with Gasteiger partial charge >= 0.3 is 0 Å². The molecule has 2 fully saturated rings. The van der Waals surface area contributed by atoms with Crippen molar-refractivity contribution < 1.29 is 9.53 Å². The summed E-state index contributed by atoms with van der Waals surface area (Å²) in [6.07, 6.45) is 5.10. The number of halogens is 1.